The number of rotatable bonds is 4. The average molecular weight is 316 g/mol. The van der Waals surface area contributed by atoms with Gasteiger partial charge in [0.1, 0.15) is 5.03 Å². The van der Waals surface area contributed by atoms with E-state index in [9.17, 15) is 0 Å². The molecule has 3 nitrogen and oxygen atoms in total. The van der Waals surface area contributed by atoms with Crippen molar-refractivity contribution in [3.05, 3.63) is 10.7 Å². The van der Waals surface area contributed by atoms with Gasteiger partial charge in [0.15, 0.2) is 0 Å². The first-order valence-corrected chi connectivity index (χ1v) is 7.90. The molecule has 0 saturated heterocycles. The highest BCUT2D eigenvalue weighted by Crippen LogP contribution is 2.36. The molecule has 1 heterocycles. The molecule has 1 N–H and O–H groups in total. The second kappa shape index (κ2) is 6.59. The molecule has 1 fully saturated rings. The first-order valence-electron chi connectivity index (χ1n) is 6.22. The fraction of sp³-hybridized carbons (Fsp3) is 0.667. The van der Waals surface area contributed by atoms with Crippen LogP contribution in [0.25, 0.3) is 0 Å². The number of nitrogens with one attached hydrogen (secondary N) is 1. The molecule has 0 atom stereocenters. The maximum absolute atomic E-state index is 4.55. The van der Waals surface area contributed by atoms with Crippen LogP contribution in [0.15, 0.2) is 15.7 Å². The second-order valence-corrected chi connectivity index (χ2v) is 6.40. The second-order valence-electron chi connectivity index (χ2n) is 4.25. The zero-order valence-electron chi connectivity index (χ0n) is 10.1. The molecular weight excluding hydrogens is 298 g/mol. The number of halogens is 1. The van der Waals surface area contributed by atoms with E-state index in [2.05, 4.69) is 38.1 Å². The zero-order valence-corrected chi connectivity index (χ0v) is 12.5. The summed E-state index contributed by atoms with van der Waals surface area (Å²) in [5, 5.41) is 4.95. The molecule has 1 aromatic heterocycles. The highest BCUT2D eigenvalue weighted by molar-refractivity contribution is 9.10. The first-order chi connectivity index (χ1) is 8.29. The Morgan fingerprint density at radius 1 is 1.41 bits per heavy atom. The molecule has 0 unspecified atom stereocenters. The fourth-order valence-corrected chi connectivity index (χ4v) is 3.68. The van der Waals surface area contributed by atoms with Gasteiger partial charge in [0.25, 0.3) is 0 Å². The summed E-state index contributed by atoms with van der Waals surface area (Å²) in [6.45, 7) is 2.91. The van der Waals surface area contributed by atoms with Crippen molar-refractivity contribution in [2.24, 2.45) is 0 Å². The van der Waals surface area contributed by atoms with E-state index in [0.717, 1.165) is 27.2 Å². The minimum atomic E-state index is 0.726. The summed E-state index contributed by atoms with van der Waals surface area (Å²) in [4.78, 5) is 8.79. The average Bonchev–Trinajstić information content (AvgIpc) is 2.35. The fourth-order valence-electron chi connectivity index (χ4n) is 2.02. The van der Waals surface area contributed by atoms with Crippen molar-refractivity contribution in [3.63, 3.8) is 0 Å². The van der Waals surface area contributed by atoms with E-state index in [0.29, 0.717) is 0 Å². The third-order valence-corrected chi connectivity index (χ3v) is 5.06. The van der Waals surface area contributed by atoms with Gasteiger partial charge in [-0.3, -0.25) is 0 Å². The number of anilines is 1. The highest BCUT2D eigenvalue weighted by atomic mass is 79.9. The Hall–Kier alpha value is -0.290. The van der Waals surface area contributed by atoms with Gasteiger partial charge in [0.05, 0.1) is 4.47 Å². The Morgan fingerprint density at radius 2 is 2.18 bits per heavy atom. The van der Waals surface area contributed by atoms with Crippen LogP contribution in [0.3, 0.4) is 0 Å². The molecule has 1 saturated carbocycles. The van der Waals surface area contributed by atoms with Crippen molar-refractivity contribution in [2.75, 3.05) is 11.9 Å². The maximum Gasteiger partial charge on any atom is 0.223 e. The molecule has 94 valence electrons. The van der Waals surface area contributed by atoms with Gasteiger partial charge in [-0.25, -0.2) is 9.97 Å². The predicted octanol–water partition coefficient (Wildman–Crippen LogP) is 4.10. The van der Waals surface area contributed by atoms with E-state index in [-0.39, 0.29) is 0 Å². The molecule has 0 bridgehead atoms. The molecule has 1 aromatic rings. The number of thioether (sulfide) groups is 1. The third kappa shape index (κ3) is 3.85. The van der Waals surface area contributed by atoms with Crippen molar-refractivity contribution in [1.82, 2.24) is 9.97 Å². The largest absolute Gasteiger partial charge is 0.354 e. The van der Waals surface area contributed by atoms with E-state index in [4.69, 9.17) is 0 Å². The number of nitrogens with zero attached hydrogens (tertiary/aromatic N) is 2. The van der Waals surface area contributed by atoms with Crippen molar-refractivity contribution in [1.29, 1.82) is 0 Å². The number of hydrogen-bond donors (Lipinski definition) is 1. The molecule has 2 rings (SSSR count). The van der Waals surface area contributed by atoms with E-state index in [1.807, 2.05) is 18.0 Å². The molecule has 0 aromatic carbocycles. The SMILES string of the molecule is CCNc1ncc(Br)c(SC2CCCCC2)n1. The molecule has 5 heteroatoms. The third-order valence-electron chi connectivity index (χ3n) is 2.88. The zero-order chi connectivity index (χ0) is 12.1. The normalized spacial score (nSPS) is 17.1. The predicted molar refractivity (Wildman–Crippen MR) is 76.6 cm³/mol. The molecule has 0 radical (unpaired) electrons. The van der Waals surface area contributed by atoms with Crippen LogP contribution in [-0.2, 0) is 0 Å². The summed E-state index contributed by atoms with van der Waals surface area (Å²) < 4.78 is 1.01. The summed E-state index contributed by atoms with van der Waals surface area (Å²) in [6, 6.07) is 0. The lowest BCUT2D eigenvalue weighted by atomic mass is 10.0. The molecule has 1 aliphatic rings. The van der Waals surface area contributed by atoms with E-state index in [1.54, 1.807) is 0 Å². The van der Waals surface area contributed by atoms with Crippen molar-refractivity contribution in [3.8, 4) is 0 Å². The van der Waals surface area contributed by atoms with Gasteiger partial charge < -0.3 is 5.32 Å². The highest BCUT2D eigenvalue weighted by Gasteiger charge is 2.17. The Bertz CT molecular complexity index is 367. The summed E-state index contributed by atoms with van der Waals surface area (Å²) in [6.07, 6.45) is 8.59. The van der Waals surface area contributed by atoms with Crippen LogP contribution in [0, 0.1) is 0 Å². The van der Waals surface area contributed by atoms with Gasteiger partial charge >= 0.3 is 0 Å². The molecule has 0 amide bonds. The minimum Gasteiger partial charge on any atom is -0.354 e. The van der Waals surface area contributed by atoms with Crippen molar-refractivity contribution in [2.45, 2.75) is 49.3 Å². The van der Waals surface area contributed by atoms with Gasteiger partial charge in [-0.05, 0) is 35.7 Å². The van der Waals surface area contributed by atoms with Gasteiger partial charge in [-0.2, -0.15) is 0 Å². The van der Waals surface area contributed by atoms with Crippen LogP contribution in [0.1, 0.15) is 39.0 Å². The van der Waals surface area contributed by atoms with Crippen LogP contribution in [0.2, 0.25) is 0 Å². The summed E-state index contributed by atoms with van der Waals surface area (Å²) in [5.41, 5.74) is 0. The van der Waals surface area contributed by atoms with E-state index >= 15 is 0 Å². The lowest BCUT2D eigenvalue weighted by Crippen LogP contribution is -2.09. The molecular formula is C12H18BrN3S. The van der Waals surface area contributed by atoms with Crippen LogP contribution in [0.5, 0.6) is 0 Å². The van der Waals surface area contributed by atoms with Gasteiger partial charge in [0.2, 0.25) is 5.95 Å². The summed E-state index contributed by atoms with van der Waals surface area (Å²) in [7, 11) is 0. The smallest absolute Gasteiger partial charge is 0.223 e. The quantitative estimate of drug-likeness (QED) is 0.849. The van der Waals surface area contributed by atoms with Gasteiger partial charge in [-0.15, -0.1) is 11.8 Å². The molecule has 17 heavy (non-hydrogen) atoms. The summed E-state index contributed by atoms with van der Waals surface area (Å²) >= 11 is 5.43. The van der Waals surface area contributed by atoms with Crippen molar-refractivity contribution >= 4 is 33.6 Å². The topological polar surface area (TPSA) is 37.8 Å². The van der Waals surface area contributed by atoms with E-state index in [1.165, 1.54) is 32.1 Å². The van der Waals surface area contributed by atoms with Gasteiger partial charge in [-0.1, -0.05) is 19.3 Å². The van der Waals surface area contributed by atoms with Crippen LogP contribution in [0.4, 0.5) is 5.95 Å². The Labute approximate surface area is 115 Å². The number of hydrogen-bond acceptors (Lipinski definition) is 4. The molecule has 0 aliphatic heterocycles. The lowest BCUT2D eigenvalue weighted by Gasteiger charge is -2.20. The standard InChI is InChI=1S/C12H18BrN3S/c1-2-14-12-15-8-10(13)11(16-12)17-9-6-4-3-5-7-9/h8-9H,2-7H2,1H3,(H,14,15,16). The Morgan fingerprint density at radius 3 is 2.88 bits per heavy atom. The Kier molecular flexibility index (Phi) is 5.10. The Balaban J connectivity index is 2.04. The number of aromatic nitrogens is 2. The lowest BCUT2D eigenvalue weighted by molar-refractivity contribution is 0.515. The molecule has 0 spiro atoms. The minimum absolute atomic E-state index is 0.726. The van der Waals surface area contributed by atoms with Crippen LogP contribution in [-0.4, -0.2) is 21.8 Å². The van der Waals surface area contributed by atoms with Crippen molar-refractivity contribution < 1.29 is 0 Å². The molecule has 1 aliphatic carbocycles. The monoisotopic (exact) mass is 315 g/mol. The van der Waals surface area contributed by atoms with Crippen LogP contribution < -0.4 is 5.32 Å². The maximum atomic E-state index is 4.55. The first kappa shape index (κ1) is 13.1. The van der Waals surface area contributed by atoms with Gasteiger partial charge in [0, 0.05) is 18.0 Å². The van der Waals surface area contributed by atoms with E-state index < -0.39 is 0 Å². The van der Waals surface area contributed by atoms with Crippen LogP contribution >= 0.6 is 27.7 Å². The summed E-state index contributed by atoms with van der Waals surface area (Å²) in [5.74, 6) is 0.731.